The predicted molar refractivity (Wildman–Crippen MR) is 96.5 cm³/mol. The molecule has 0 spiro atoms. The first-order valence-corrected chi connectivity index (χ1v) is 9.57. The molecule has 3 fully saturated rings. The van der Waals surface area contributed by atoms with Crippen LogP contribution < -0.4 is 10.6 Å². The van der Waals surface area contributed by atoms with Gasteiger partial charge in [-0.1, -0.05) is 0 Å². The lowest BCUT2D eigenvalue weighted by Crippen LogP contribution is -2.59. The minimum atomic E-state index is -0.0526. The van der Waals surface area contributed by atoms with E-state index in [-0.39, 0.29) is 11.1 Å². The first kappa shape index (κ1) is 18.0. The van der Waals surface area contributed by atoms with Crippen molar-refractivity contribution in [3.8, 4) is 0 Å². The van der Waals surface area contributed by atoms with E-state index in [0.717, 1.165) is 64.6 Å². The van der Waals surface area contributed by atoms with Crippen molar-refractivity contribution in [2.75, 3.05) is 53.0 Å². The smallest absolute Gasteiger partial charge is 0.191 e. The van der Waals surface area contributed by atoms with E-state index < -0.39 is 0 Å². The summed E-state index contributed by atoms with van der Waals surface area (Å²) in [4.78, 5) is 7.09. The summed E-state index contributed by atoms with van der Waals surface area (Å²) in [6.45, 7) is 9.00. The second-order valence-electron chi connectivity index (χ2n) is 7.71. The van der Waals surface area contributed by atoms with Crippen molar-refractivity contribution >= 4 is 5.96 Å². The Balaban J connectivity index is 1.54. The Morgan fingerprint density at radius 1 is 1.00 bits per heavy atom. The van der Waals surface area contributed by atoms with Gasteiger partial charge in [0.05, 0.1) is 5.60 Å². The van der Waals surface area contributed by atoms with Crippen molar-refractivity contribution in [1.82, 2.24) is 15.5 Å². The van der Waals surface area contributed by atoms with Crippen LogP contribution in [0.25, 0.3) is 0 Å². The SMILES string of the molecule is CN=C(NCC1(C)CCCO1)NCC1(N2CCCC2)CCOCC1. The highest BCUT2D eigenvalue weighted by Crippen LogP contribution is 2.30. The number of likely N-dealkylation sites (tertiary alicyclic amines) is 1. The molecule has 6 heteroatoms. The van der Waals surface area contributed by atoms with Crippen LogP contribution in [0.3, 0.4) is 0 Å². The van der Waals surface area contributed by atoms with Crippen LogP contribution in [0.1, 0.15) is 45.4 Å². The number of nitrogens with zero attached hydrogens (tertiary/aromatic N) is 2. The molecule has 0 amide bonds. The molecule has 2 N–H and O–H groups in total. The normalized spacial score (nSPS) is 31.3. The summed E-state index contributed by atoms with van der Waals surface area (Å²) in [6.07, 6.45) is 7.14. The zero-order valence-corrected chi connectivity index (χ0v) is 15.4. The van der Waals surface area contributed by atoms with Crippen molar-refractivity contribution in [1.29, 1.82) is 0 Å². The molecule has 0 aromatic carbocycles. The zero-order chi connectivity index (χ0) is 16.9. The zero-order valence-electron chi connectivity index (χ0n) is 15.4. The Morgan fingerprint density at radius 3 is 2.33 bits per heavy atom. The maximum atomic E-state index is 5.86. The molecule has 3 rings (SSSR count). The third kappa shape index (κ3) is 4.21. The summed E-state index contributed by atoms with van der Waals surface area (Å²) < 4.78 is 11.5. The quantitative estimate of drug-likeness (QED) is 0.586. The molecule has 3 aliphatic rings. The topological polar surface area (TPSA) is 58.1 Å². The number of hydrogen-bond donors (Lipinski definition) is 2. The lowest BCUT2D eigenvalue weighted by atomic mass is 9.88. The summed E-state index contributed by atoms with van der Waals surface area (Å²) in [5.74, 6) is 0.886. The van der Waals surface area contributed by atoms with Gasteiger partial charge in [-0.05, 0) is 58.5 Å². The van der Waals surface area contributed by atoms with Crippen molar-refractivity contribution in [3.63, 3.8) is 0 Å². The van der Waals surface area contributed by atoms with E-state index in [1.165, 1.54) is 25.9 Å². The maximum Gasteiger partial charge on any atom is 0.191 e. The summed E-state index contributed by atoms with van der Waals surface area (Å²) >= 11 is 0. The summed E-state index contributed by atoms with van der Waals surface area (Å²) in [7, 11) is 1.85. The molecule has 6 nitrogen and oxygen atoms in total. The number of aliphatic imine (C=N–C) groups is 1. The van der Waals surface area contributed by atoms with Gasteiger partial charge in [0, 0.05) is 45.5 Å². The summed E-state index contributed by atoms with van der Waals surface area (Å²) in [6, 6.07) is 0. The Bertz CT molecular complexity index is 423. The van der Waals surface area contributed by atoms with Gasteiger partial charge < -0.3 is 20.1 Å². The fraction of sp³-hybridized carbons (Fsp3) is 0.944. The highest BCUT2D eigenvalue weighted by molar-refractivity contribution is 5.79. The number of nitrogens with one attached hydrogen (secondary N) is 2. The molecule has 0 bridgehead atoms. The van der Waals surface area contributed by atoms with E-state index in [1.54, 1.807) is 0 Å². The number of guanidine groups is 1. The Hall–Kier alpha value is -0.850. The Morgan fingerprint density at radius 2 is 1.71 bits per heavy atom. The van der Waals surface area contributed by atoms with Gasteiger partial charge in [-0.3, -0.25) is 9.89 Å². The highest BCUT2D eigenvalue weighted by Gasteiger charge is 2.39. The molecule has 0 saturated carbocycles. The molecule has 138 valence electrons. The van der Waals surface area contributed by atoms with Crippen molar-refractivity contribution in [3.05, 3.63) is 0 Å². The number of hydrogen-bond acceptors (Lipinski definition) is 4. The first-order valence-electron chi connectivity index (χ1n) is 9.57. The van der Waals surface area contributed by atoms with Gasteiger partial charge in [-0.2, -0.15) is 0 Å². The van der Waals surface area contributed by atoms with Crippen molar-refractivity contribution in [2.24, 2.45) is 4.99 Å². The van der Waals surface area contributed by atoms with Crippen LogP contribution in [-0.2, 0) is 9.47 Å². The largest absolute Gasteiger partial charge is 0.381 e. The first-order chi connectivity index (χ1) is 11.7. The Labute approximate surface area is 146 Å². The predicted octanol–water partition coefficient (Wildman–Crippen LogP) is 1.37. The van der Waals surface area contributed by atoms with E-state index in [4.69, 9.17) is 9.47 Å². The molecule has 24 heavy (non-hydrogen) atoms. The lowest BCUT2D eigenvalue weighted by Gasteiger charge is -2.45. The van der Waals surface area contributed by atoms with Crippen LogP contribution in [-0.4, -0.2) is 75.0 Å². The standard InChI is InChI=1S/C18H34N4O2/c1-17(6-5-11-24-17)14-20-16(19-2)21-15-18(7-12-23-13-8-18)22-9-3-4-10-22/h3-15H2,1-2H3,(H2,19,20,21). The molecule has 1 atom stereocenters. The fourth-order valence-corrected chi connectivity index (χ4v) is 4.26. The van der Waals surface area contributed by atoms with E-state index in [0.29, 0.717) is 0 Å². The molecule has 0 aromatic heterocycles. The summed E-state index contributed by atoms with van der Waals surface area (Å²) in [5, 5.41) is 7.05. The minimum absolute atomic E-state index is 0.0526. The number of rotatable bonds is 5. The maximum absolute atomic E-state index is 5.86. The van der Waals surface area contributed by atoms with Gasteiger partial charge >= 0.3 is 0 Å². The van der Waals surface area contributed by atoms with Gasteiger partial charge in [0.2, 0.25) is 0 Å². The van der Waals surface area contributed by atoms with Crippen LogP contribution in [0, 0.1) is 0 Å². The van der Waals surface area contributed by atoms with E-state index in [2.05, 4.69) is 27.4 Å². The average Bonchev–Trinajstić information content (AvgIpc) is 3.28. The highest BCUT2D eigenvalue weighted by atomic mass is 16.5. The molecule has 0 radical (unpaired) electrons. The van der Waals surface area contributed by atoms with E-state index in [1.807, 2.05) is 7.05 Å². The molecule has 1 unspecified atom stereocenters. The van der Waals surface area contributed by atoms with Crippen LogP contribution >= 0.6 is 0 Å². The molecule has 0 aliphatic carbocycles. The van der Waals surface area contributed by atoms with Crippen LogP contribution in [0.2, 0.25) is 0 Å². The average molecular weight is 338 g/mol. The lowest BCUT2D eigenvalue weighted by molar-refractivity contribution is -0.0164. The second kappa shape index (κ2) is 8.02. The second-order valence-corrected chi connectivity index (χ2v) is 7.71. The van der Waals surface area contributed by atoms with Crippen LogP contribution in [0.5, 0.6) is 0 Å². The van der Waals surface area contributed by atoms with Crippen LogP contribution in [0.15, 0.2) is 4.99 Å². The molecular weight excluding hydrogens is 304 g/mol. The fourth-order valence-electron chi connectivity index (χ4n) is 4.26. The van der Waals surface area contributed by atoms with Gasteiger partial charge in [0.1, 0.15) is 0 Å². The molecule has 3 saturated heterocycles. The molecular formula is C18H34N4O2. The summed E-state index contributed by atoms with van der Waals surface area (Å²) in [5.41, 5.74) is 0.170. The van der Waals surface area contributed by atoms with Crippen LogP contribution in [0.4, 0.5) is 0 Å². The van der Waals surface area contributed by atoms with E-state index in [9.17, 15) is 0 Å². The molecule has 3 aliphatic heterocycles. The van der Waals surface area contributed by atoms with Gasteiger partial charge in [-0.15, -0.1) is 0 Å². The minimum Gasteiger partial charge on any atom is -0.381 e. The number of ether oxygens (including phenoxy) is 2. The van der Waals surface area contributed by atoms with Crippen molar-refractivity contribution < 1.29 is 9.47 Å². The van der Waals surface area contributed by atoms with Gasteiger partial charge in [0.25, 0.3) is 0 Å². The van der Waals surface area contributed by atoms with Crippen molar-refractivity contribution in [2.45, 2.75) is 56.6 Å². The molecule has 0 aromatic rings. The van der Waals surface area contributed by atoms with Gasteiger partial charge in [0.15, 0.2) is 5.96 Å². The Kier molecular flexibility index (Phi) is 6.00. The van der Waals surface area contributed by atoms with E-state index >= 15 is 0 Å². The van der Waals surface area contributed by atoms with Gasteiger partial charge in [-0.25, -0.2) is 0 Å². The monoisotopic (exact) mass is 338 g/mol. The third-order valence-corrected chi connectivity index (χ3v) is 5.94. The molecule has 3 heterocycles. The third-order valence-electron chi connectivity index (χ3n) is 5.94.